The Morgan fingerprint density at radius 3 is 2.42 bits per heavy atom. The minimum Gasteiger partial charge on any atom is -0.416 e. The molecule has 1 heterocycles. The van der Waals surface area contributed by atoms with Crippen LogP contribution in [-0.2, 0) is 10.0 Å². The van der Waals surface area contributed by atoms with Gasteiger partial charge in [0.05, 0.1) is 15.5 Å². The molecule has 1 aromatic heterocycles. The number of benzene rings is 2. The number of primary sulfonamides is 1. The van der Waals surface area contributed by atoms with Gasteiger partial charge in [-0.15, -0.1) is 10.2 Å². The van der Waals surface area contributed by atoms with Gasteiger partial charge in [0.25, 0.3) is 0 Å². The molecule has 0 amide bonds. The standard InChI is InChI=1S/C15H11Cl2N3O3S/c1-8-2-3-9(6-13(8)24(18,21)22)14-19-20-15(23-14)11-5-4-10(16)7-12(11)17/h2-7H,1H3,(H2,18,21,22). The number of nitrogens with two attached hydrogens (primary N) is 1. The van der Waals surface area contributed by atoms with E-state index >= 15 is 0 Å². The molecule has 2 N–H and O–H groups in total. The molecule has 0 aliphatic carbocycles. The van der Waals surface area contributed by atoms with E-state index in [9.17, 15) is 8.42 Å². The first-order valence-corrected chi connectivity index (χ1v) is 8.98. The Hall–Kier alpha value is -1.93. The summed E-state index contributed by atoms with van der Waals surface area (Å²) in [5.41, 5.74) is 1.49. The van der Waals surface area contributed by atoms with Crippen LogP contribution in [0.25, 0.3) is 22.9 Å². The van der Waals surface area contributed by atoms with Gasteiger partial charge in [-0.3, -0.25) is 0 Å². The van der Waals surface area contributed by atoms with Crippen LogP contribution >= 0.6 is 23.2 Å². The number of aryl methyl sites for hydroxylation is 1. The van der Waals surface area contributed by atoms with Crippen LogP contribution in [0.2, 0.25) is 10.0 Å². The van der Waals surface area contributed by atoms with Crippen LogP contribution in [0.3, 0.4) is 0 Å². The maximum Gasteiger partial charge on any atom is 0.249 e. The summed E-state index contributed by atoms with van der Waals surface area (Å²) in [6, 6.07) is 9.56. The highest BCUT2D eigenvalue weighted by atomic mass is 35.5. The molecule has 0 saturated heterocycles. The lowest BCUT2D eigenvalue weighted by atomic mass is 10.1. The highest BCUT2D eigenvalue weighted by molar-refractivity contribution is 7.89. The second kappa shape index (κ2) is 6.18. The average Bonchev–Trinajstić information content (AvgIpc) is 2.96. The molecule has 3 rings (SSSR count). The number of nitrogens with zero attached hydrogens (tertiary/aromatic N) is 2. The fourth-order valence-electron chi connectivity index (χ4n) is 2.15. The molecule has 3 aromatic rings. The summed E-state index contributed by atoms with van der Waals surface area (Å²) in [4.78, 5) is 0.00396. The van der Waals surface area contributed by atoms with Crippen molar-refractivity contribution in [1.82, 2.24) is 10.2 Å². The molecule has 9 heteroatoms. The van der Waals surface area contributed by atoms with Crippen molar-refractivity contribution in [2.24, 2.45) is 5.14 Å². The molecule has 6 nitrogen and oxygen atoms in total. The van der Waals surface area contributed by atoms with E-state index in [1.165, 1.54) is 6.07 Å². The molecule has 0 saturated carbocycles. The van der Waals surface area contributed by atoms with Crippen LogP contribution in [0, 0.1) is 6.92 Å². The Bertz CT molecular complexity index is 1030. The number of hydrogen-bond donors (Lipinski definition) is 1. The van der Waals surface area contributed by atoms with Crippen LogP contribution in [0.1, 0.15) is 5.56 Å². The van der Waals surface area contributed by atoms with E-state index in [0.717, 1.165) is 0 Å². The first-order chi connectivity index (χ1) is 11.3. The van der Waals surface area contributed by atoms with Crippen molar-refractivity contribution < 1.29 is 12.8 Å². The second-order valence-electron chi connectivity index (χ2n) is 5.06. The zero-order chi connectivity index (χ0) is 17.5. The lowest BCUT2D eigenvalue weighted by molar-refractivity contribution is 0.584. The van der Waals surface area contributed by atoms with E-state index in [1.54, 1.807) is 37.3 Å². The summed E-state index contributed by atoms with van der Waals surface area (Å²) in [6.45, 7) is 1.65. The molecular weight excluding hydrogens is 373 g/mol. The molecule has 0 atom stereocenters. The Morgan fingerprint density at radius 1 is 1.04 bits per heavy atom. The maximum absolute atomic E-state index is 11.6. The van der Waals surface area contributed by atoms with Crippen molar-refractivity contribution in [2.45, 2.75) is 11.8 Å². The van der Waals surface area contributed by atoms with Gasteiger partial charge in [0.2, 0.25) is 21.8 Å². The van der Waals surface area contributed by atoms with Gasteiger partial charge in [-0.25, -0.2) is 13.6 Å². The molecule has 2 aromatic carbocycles. The van der Waals surface area contributed by atoms with E-state index in [1.807, 2.05) is 0 Å². The third-order valence-corrected chi connectivity index (χ3v) is 4.93. The van der Waals surface area contributed by atoms with E-state index in [2.05, 4.69) is 10.2 Å². The predicted molar refractivity (Wildman–Crippen MR) is 91.3 cm³/mol. The summed E-state index contributed by atoms with van der Waals surface area (Å²) in [5, 5.41) is 13.9. The minimum absolute atomic E-state index is 0.00396. The fourth-order valence-corrected chi connectivity index (χ4v) is 3.45. The Labute approximate surface area is 148 Å². The normalized spacial score (nSPS) is 11.7. The molecule has 0 fully saturated rings. The van der Waals surface area contributed by atoms with Crippen molar-refractivity contribution in [3.63, 3.8) is 0 Å². The molecule has 0 bridgehead atoms. The van der Waals surface area contributed by atoms with Gasteiger partial charge in [0.15, 0.2) is 0 Å². The van der Waals surface area contributed by atoms with Crippen molar-refractivity contribution >= 4 is 33.2 Å². The average molecular weight is 384 g/mol. The number of aromatic nitrogens is 2. The van der Waals surface area contributed by atoms with Crippen LogP contribution in [0.5, 0.6) is 0 Å². The van der Waals surface area contributed by atoms with Crippen LogP contribution < -0.4 is 5.14 Å². The summed E-state index contributed by atoms with van der Waals surface area (Å²) in [6.07, 6.45) is 0. The van der Waals surface area contributed by atoms with Crippen LogP contribution in [-0.4, -0.2) is 18.6 Å². The van der Waals surface area contributed by atoms with Gasteiger partial charge >= 0.3 is 0 Å². The predicted octanol–water partition coefficient (Wildman–Crippen LogP) is 3.67. The Morgan fingerprint density at radius 2 is 1.75 bits per heavy atom. The number of sulfonamides is 1. The highest BCUT2D eigenvalue weighted by Gasteiger charge is 2.17. The molecule has 0 aliphatic rings. The van der Waals surface area contributed by atoms with Gasteiger partial charge in [0, 0.05) is 10.6 Å². The summed E-state index contributed by atoms with van der Waals surface area (Å²) >= 11 is 12.0. The number of rotatable bonds is 3. The molecule has 0 radical (unpaired) electrons. The van der Waals surface area contributed by atoms with Crippen molar-refractivity contribution in [2.75, 3.05) is 0 Å². The SMILES string of the molecule is Cc1ccc(-c2nnc(-c3ccc(Cl)cc3Cl)o2)cc1S(N)(=O)=O. The Kier molecular flexibility index (Phi) is 4.35. The smallest absolute Gasteiger partial charge is 0.249 e. The zero-order valence-corrected chi connectivity index (χ0v) is 14.7. The topological polar surface area (TPSA) is 99.1 Å². The minimum atomic E-state index is -3.85. The molecule has 124 valence electrons. The molecule has 0 aliphatic heterocycles. The zero-order valence-electron chi connectivity index (χ0n) is 12.3. The van der Waals surface area contributed by atoms with Crippen molar-refractivity contribution in [3.8, 4) is 22.9 Å². The number of halogens is 2. The van der Waals surface area contributed by atoms with Crippen molar-refractivity contribution in [3.05, 3.63) is 52.0 Å². The summed E-state index contributed by atoms with van der Waals surface area (Å²) < 4.78 is 28.8. The lowest BCUT2D eigenvalue weighted by Gasteiger charge is -2.04. The summed E-state index contributed by atoms with van der Waals surface area (Å²) in [5.74, 6) is 0.352. The van der Waals surface area contributed by atoms with E-state index in [4.69, 9.17) is 32.8 Å². The van der Waals surface area contributed by atoms with Gasteiger partial charge in [-0.05, 0) is 42.8 Å². The van der Waals surface area contributed by atoms with E-state index in [-0.39, 0.29) is 16.7 Å². The molecule has 0 unspecified atom stereocenters. The van der Waals surface area contributed by atoms with Gasteiger partial charge in [-0.1, -0.05) is 29.3 Å². The maximum atomic E-state index is 11.6. The van der Waals surface area contributed by atoms with Crippen LogP contribution in [0.15, 0.2) is 45.7 Å². The molecule has 24 heavy (non-hydrogen) atoms. The quantitative estimate of drug-likeness (QED) is 0.743. The summed E-state index contributed by atoms with van der Waals surface area (Å²) in [7, 11) is -3.85. The third kappa shape index (κ3) is 3.29. The van der Waals surface area contributed by atoms with E-state index in [0.29, 0.717) is 26.7 Å². The van der Waals surface area contributed by atoms with Crippen molar-refractivity contribution in [1.29, 1.82) is 0 Å². The molecule has 0 spiro atoms. The second-order valence-corrected chi connectivity index (χ2v) is 7.44. The van der Waals surface area contributed by atoms with E-state index < -0.39 is 10.0 Å². The highest BCUT2D eigenvalue weighted by Crippen LogP contribution is 2.32. The van der Waals surface area contributed by atoms with Gasteiger partial charge in [-0.2, -0.15) is 0 Å². The largest absolute Gasteiger partial charge is 0.416 e. The van der Waals surface area contributed by atoms with Crippen LogP contribution in [0.4, 0.5) is 0 Å². The lowest BCUT2D eigenvalue weighted by Crippen LogP contribution is -2.13. The first-order valence-electron chi connectivity index (χ1n) is 6.68. The third-order valence-electron chi connectivity index (χ3n) is 3.33. The number of hydrogen-bond acceptors (Lipinski definition) is 5. The first kappa shape index (κ1) is 16.9. The fraction of sp³-hybridized carbons (Fsp3) is 0.0667. The monoisotopic (exact) mass is 383 g/mol. The van der Waals surface area contributed by atoms with Gasteiger partial charge in [0.1, 0.15) is 0 Å². The Balaban J connectivity index is 2.05. The van der Waals surface area contributed by atoms with Gasteiger partial charge < -0.3 is 4.42 Å². The molecular formula is C15H11Cl2N3O3S.